The molecule has 0 aromatic carbocycles. The number of hydrogen-bond donors (Lipinski definition) is 2. The zero-order valence-corrected chi connectivity index (χ0v) is 8.10. The summed E-state index contributed by atoms with van der Waals surface area (Å²) in [6, 6.07) is 1.56. The van der Waals surface area contributed by atoms with E-state index in [0.717, 1.165) is 6.20 Å². The number of primary sulfonamides is 1. The maximum absolute atomic E-state index is 11.0. The van der Waals surface area contributed by atoms with Gasteiger partial charge in [-0.25, -0.2) is 18.2 Å². The van der Waals surface area contributed by atoms with Crippen LogP contribution >= 0.6 is 0 Å². The summed E-state index contributed by atoms with van der Waals surface area (Å²) in [6.45, 7) is -0.673. The maximum Gasteiger partial charge on any atom is 0.325 e. The molecular weight excluding hydrogens is 224 g/mol. The zero-order valence-electron chi connectivity index (χ0n) is 7.28. The van der Waals surface area contributed by atoms with E-state index in [1.54, 1.807) is 6.07 Å². The van der Waals surface area contributed by atoms with E-state index >= 15 is 0 Å². The normalized spacial score (nSPS) is 10.9. The van der Waals surface area contributed by atoms with Crippen LogP contribution in [0, 0.1) is 11.3 Å². The summed E-state index contributed by atoms with van der Waals surface area (Å²) in [5, 5.41) is 24.7. The molecule has 0 amide bonds. The molecule has 0 fully saturated rings. The van der Waals surface area contributed by atoms with Crippen LogP contribution in [0.25, 0.3) is 0 Å². The summed E-state index contributed by atoms with van der Waals surface area (Å²) in [7, 11) is -4.16. The van der Waals surface area contributed by atoms with Gasteiger partial charge in [0, 0.05) is 0 Å². The Morgan fingerprint density at radius 1 is 1.73 bits per heavy atom. The minimum atomic E-state index is -4.16. The molecule has 0 aliphatic carbocycles. The molecule has 0 radical (unpaired) electrons. The summed E-state index contributed by atoms with van der Waals surface area (Å²) >= 11 is 0. The maximum atomic E-state index is 11.0. The number of aliphatic carboxylic acids is 1. The lowest BCUT2D eigenvalue weighted by atomic mass is 10.4. The number of aromatic nitrogens is 2. The van der Waals surface area contributed by atoms with Crippen LogP contribution in [-0.4, -0.2) is 29.3 Å². The van der Waals surface area contributed by atoms with Crippen molar-refractivity contribution >= 4 is 16.0 Å². The predicted octanol–water partition coefficient (Wildman–Crippen LogP) is -1.51. The molecule has 0 saturated heterocycles. The number of nitrogens with two attached hydrogens (primary N) is 1. The Morgan fingerprint density at radius 2 is 2.33 bits per heavy atom. The molecule has 3 N–H and O–H groups in total. The number of carboxylic acids is 1. The Morgan fingerprint density at radius 3 is 2.73 bits per heavy atom. The van der Waals surface area contributed by atoms with Crippen LogP contribution in [0.2, 0.25) is 0 Å². The fourth-order valence-electron chi connectivity index (χ4n) is 0.992. The molecule has 1 rings (SSSR count). The Balaban J connectivity index is 3.38. The lowest BCUT2D eigenvalue weighted by Gasteiger charge is -2.01. The summed E-state index contributed by atoms with van der Waals surface area (Å²) in [4.78, 5) is 10.4. The van der Waals surface area contributed by atoms with Crippen molar-refractivity contribution in [1.82, 2.24) is 9.78 Å². The number of nitrogens with zero attached hydrogens (tertiary/aromatic N) is 3. The van der Waals surface area contributed by atoms with Crippen LogP contribution in [-0.2, 0) is 21.4 Å². The van der Waals surface area contributed by atoms with Crippen LogP contribution in [0.4, 0.5) is 0 Å². The molecule has 1 heterocycles. The van der Waals surface area contributed by atoms with Gasteiger partial charge in [0.25, 0.3) is 10.0 Å². The SMILES string of the molecule is N#Cc1cnn(CC(=O)O)c1S(N)(=O)=O. The van der Waals surface area contributed by atoms with Gasteiger partial charge in [-0.1, -0.05) is 0 Å². The van der Waals surface area contributed by atoms with Gasteiger partial charge in [-0.3, -0.25) is 4.79 Å². The van der Waals surface area contributed by atoms with Crippen molar-refractivity contribution in [3.05, 3.63) is 11.8 Å². The molecular formula is C6H6N4O4S. The third-order valence-corrected chi connectivity index (χ3v) is 2.44. The highest BCUT2D eigenvalue weighted by atomic mass is 32.2. The van der Waals surface area contributed by atoms with Crippen molar-refractivity contribution in [2.24, 2.45) is 5.14 Å². The van der Waals surface area contributed by atoms with Crippen LogP contribution in [0.1, 0.15) is 5.56 Å². The van der Waals surface area contributed by atoms with Gasteiger partial charge in [0.2, 0.25) is 0 Å². The number of carboxylic acid groups (broad SMARTS) is 1. The van der Waals surface area contributed by atoms with Crippen LogP contribution in [0.5, 0.6) is 0 Å². The number of rotatable bonds is 3. The first-order chi connectivity index (χ1) is 6.86. The van der Waals surface area contributed by atoms with Crippen molar-refractivity contribution in [1.29, 1.82) is 5.26 Å². The molecule has 8 nitrogen and oxygen atoms in total. The highest BCUT2D eigenvalue weighted by molar-refractivity contribution is 7.89. The standard InChI is InChI=1S/C6H6N4O4S/c7-1-4-2-9-10(3-5(11)12)6(4)15(8,13)14/h2H,3H2,(H,11,12)(H2,8,13,14). The first kappa shape index (κ1) is 11.2. The van der Waals surface area contributed by atoms with E-state index in [2.05, 4.69) is 5.10 Å². The van der Waals surface area contributed by atoms with Gasteiger partial charge in [-0.05, 0) is 0 Å². The van der Waals surface area contributed by atoms with E-state index in [9.17, 15) is 13.2 Å². The lowest BCUT2D eigenvalue weighted by molar-refractivity contribution is -0.138. The molecule has 0 bridgehead atoms. The minimum Gasteiger partial charge on any atom is -0.480 e. The fourth-order valence-corrected chi connectivity index (χ4v) is 1.80. The predicted molar refractivity (Wildman–Crippen MR) is 46.0 cm³/mol. The van der Waals surface area contributed by atoms with Crippen molar-refractivity contribution < 1.29 is 18.3 Å². The van der Waals surface area contributed by atoms with Crippen LogP contribution in [0.15, 0.2) is 11.2 Å². The third kappa shape index (κ3) is 2.30. The van der Waals surface area contributed by atoms with Gasteiger partial charge < -0.3 is 5.11 Å². The first-order valence-electron chi connectivity index (χ1n) is 3.56. The molecule has 1 aromatic heterocycles. The molecule has 15 heavy (non-hydrogen) atoms. The van der Waals surface area contributed by atoms with E-state index in [1.807, 2.05) is 0 Å². The second kappa shape index (κ2) is 3.68. The van der Waals surface area contributed by atoms with E-state index in [1.165, 1.54) is 0 Å². The summed E-state index contributed by atoms with van der Waals surface area (Å²) in [5.41, 5.74) is -0.279. The smallest absolute Gasteiger partial charge is 0.325 e. The Bertz CT molecular complexity index is 538. The van der Waals surface area contributed by atoms with Gasteiger partial charge in [0.05, 0.1) is 6.20 Å². The molecule has 0 aliphatic heterocycles. The summed E-state index contributed by atoms with van der Waals surface area (Å²) in [6.07, 6.45) is 0.947. The second-order valence-corrected chi connectivity index (χ2v) is 4.05. The fraction of sp³-hybridized carbons (Fsp3) is 0.167. The lowest BCUT2D eigenvalue weighted by Crippen LogP contribution is -2.21. The molecule has 0 unspecified atom stereocenters. The number of hydrogen-bond acceptors (Lipinski definition) is 5. The van der Waals surface area contributed by atoms with E-state index in [-0.39, 0.29) is 5.56 Å². The summed E-state index contributed by atoms with van der Waals surface area (Å²) in [5.74, 6) is -1.28. The minimum absolute atomic E-state index is 0.279. The van der Waals surface area contributed by atoms with Gasteiger partial charge in [-0.2, -0.15) is 10.4 Å². The molecule has 0 saturated carbocycles. The monoisotopic (exact) mass is 230 g/mol. The van der Waals surface area contributed by atoms with Crippen molar-refractivity contribution in [3.63, 3.8) is 0 Å². The number of carbonyl (C=O) groups is 1. The zero-order chi connectivity index (χ0) is 11.6. The molecule has 0 atom stereocenters. The highest BCUT2D eigenvalue weighted by Gasteiger charge is 2.22. The van der Waals surface area contributed by atoms with Crippen molar-refractivity contribution in [2.45, 2.75) is 11.6 Å². The van der Waals surface area contributed by atoms with E-state index in [4.69, 9.17) is 15.5 Å². The van der Waals surface area contributed by atoms with Gasteiger partial charge in [0.15, 0.2) is 5.03 Å². The van der Waals surface area contributed by atoms with Gasteiger partial charge in [0.1, 0.15) is 18.2 Å². The largest absolute Gasteiger partial charge is 0.480 e. The number of nitriles is 1. The van der Waals surface area contributed by atoms with E-state index in [0.29, 0.717) is 4.68 Å². The second-order valence-electron chi connectivity index (χ2n) is 2.57. The average molecular weight is 230 g/mol. The molecule has 1 aromatic rings. The van der Waals surface area contributed by atoms with Gasteiger partial charge >= 0.3 is 5.97 Å². The number of sulfonamides is 1. The average Bonchev–Trinajstić information content (AvgIpc) is 2.45. The van der Waals surface area contributed by atoms with Crippen molar-refractivity contribution in [3.8, 4) is 6.07 Å². The van der Waals surface area contributed by atoms with E-state index < -0.39 is 27.6 Å². The van der Waals surface area contributed by atoms with Gasteiger partial charge in [-0.15, -0.1) is 0 Å². The Labute approximate surface area is 84.6 Å². The van der Waals surface area contributed by atoms with Crippen LogP contribution < -0.4 is 5.14 Å². The molecule has 0 aliphatic rings. The molecule has 0 spiro atoms. The van der Waals surface area contributed by atoms with Crippen molar-refractivity contribution in [2.75, 3.05) is 0 Å². The highest BCUT2D eigenvalue weighted by Crippen LogP contribution is 2.12. The summed E-state index contributed by atoms with van der Waals surface area (Å²) < 4.78 is 22.7. The Hall–Kier alpha value is -1.92. The third-order valence-electron chi connectivity index (χ3n) is 1.47. The quantitative estimate of drug-likeness (QED) is 0.646. The van der Waals surface area contributed by atoms with Crippen LogP contribution in [0.3, 0.4) is 0 Å². The first-order valence-corrected chi connectivity index (χ1v) is 5.11. The molecule has 9 heteroatoms. The topological polar surface area (TPSA) is 139 Å². The molecule has 80 valence electrons. The Kier molecular flexibility index (Phi) is 2.74.